The number of nitrogens with zero attached hydrogens (tertiary/aromatic N) is 2. The number of hydrogen-bond acceptors (Lipinski definition) is 6. The number of fused-ring (bicyclic) bond motifs is 2. The maximum atomic E-state index is 11.2. The van der Waals surface area contributed by atoms with Gasteiger partial charge in [-0.3, -0.25) is 9.48 Å². The Labute approximate surface area is 156 Å². The van der Waals surface area contributed by atoms with E-state index in [1.165, 1.54) is 13.1 Å². The molecule has 8 nitrogen and oxygen atoms in total. The summed E-state index contributed by atoms with van der Waals surface area (Å²) in [6.45, 7) is 3.79. The van der Waals surface area contributed by atoms with Crippen LogP contribution in [0, 0.1) is 5.41 Å². The minimum Gasteiger partial charge on any atom is -0.487 e. The number of anilines is 1. The first kappa shape index (κ1) is 17.3. The monoisotopic (exact) mass is 367 g/mol. The van der Waals surface area contributed by atoms with Crippen LogP contribution in [-0.2, 0) is 22.7 Å². The van der Waals surface area contributed by atoms with E-state index in [4.69, 9.17) is 14.9 Å². The molecule has 4 rings (SSSR count). The maximum absolute atomic E-state index is 11.2. The van der Waals surface area contributed by atoms with Crippen LogP contribution in [0.5, 0.6) is 5.75 Å². The lowest BCUT2D eigenvalue weighted by atomic mass is 10.2. The summed E-state index contributed by atoms with van der Waals surface area (Å²) in [5, 5.41) is 18.3. The van der Waals surface area contributed by atoms with Gasteiger partial charge in [-0.1, -0.05) is 6.07 Å². The quantitative estimate of drug-likeness (QED) is 0.699. The lowest BCUT2D eigenvalue weighted by Crippen LogP contribution is -2.43. The largest absolute Gasteiger partial charge is 0.487 e. The highest BCUT2D eigenvalue weighted by molar-refractivity contribution is 6.07. The van der Waals surface area contributed by atoms with Crippen LogP contribution in [0.2, 0.25) is 0 Å². The molecule has 2 aromatic rings. The van der Waals surface area contributed by atoms with Crippen molar-refractivity contribution in [2.75, 3.05) is 18.5 Å². The SMILES string of the molecule is CC(=O)Nc1ccc2c(c1)OCc1cc(/C(C=N)=C/NC3COC3)nn1C2. The Bertz CT molecular complexity index is 914. The number of benzene rings is 1. The summed E-state index contributed by atoms with van der Waals surface area (Å²) in [5.74, 6) is 0.622. The van der Waals surface area contributed by atoms with Gasteiger partial charge in [0.2, 0.25) is 5.91 Å². The van der Waals surface area contributed by atoms with Gasteiger partial charge in [-0.15, -0.1) is 0 Å². The van der Waals surface area contributed by atoms with Gasteiger partial charge in [0.15, 0.2) is 0 Å². The van der Waals surface area contributed by atoms with E-state index in [9.17, 15) is 4.79 Å². The van der Waals surface area contributed by atoms with Crippen molar-refractivity contribution in [2.45, 2.75) is 26.1 Å². The number of allylic oxidation sites excluding steroid dienone is 1. The van der Waals surface area contributed by atoms with Crippen molar-refractivity contribution in [3.8, 4) is 5.75 Å². The summed E-state index contributed by atoms with van der Waals surface area (Å²) in [4.78, 5) is 11.2. The molecule has 1 fully saturated rings. The summed E-state index contributed by atoms with van der Waals surface area (Å²) in [6, 6.07) is 7.86. The van der Waals surface area contributed by atoms with Crippen molar-refractivity contribution in [3.63, 3.8) is 0 Å². The third-order valence-electron chi connectivity index (χ3n) is 4.51. The lowest BCUT2D eigenvalue weighted by Gasteiger charge is -2.26. The number of aromatic nitrogens is 2. The van der Waals surface area contributed by atoms with Crippen molar-refractivity contribution < 1.29 is 14.3 Å². The third kappa shape index (κ3) is 3.70. The van der Waals surface area contributed by atoms with E-state index in [2.05, 4.69) is 15.7 Å². The molecule has 0 bridgehead atoms. The van der Waals surface area contributed by atoms with E-state index < -0.39 is 0 Å². The van der Waals surface area contributed by atoms with Gasteiger partial charge < -0.3 is 25.5 Å². The van der Waals surface area contributed by atoms with Gasteiger partial charge in [-0.2, -0.15) is 5.10 Å². The van der Waals surface area contributed by atoms with Crippen LogP contribution in [0.4, 0.5) is 5.69 Å². The van der Waals surface area contributed by atoms with E-state index in [-0.39, 0.29) is 5.91 Å². The van der Waals surface area contributed by atoms with Crippen molar-refractivity contribution in [3.05, 3.63) is 47.4 Å². The van der Waals surface area contributed by atoms with Crippen LogP contribution < -0.4 is 15.4 Å². The zero-order chi connectivity index (χ0) is 18.8. The molecule has 0 spiro atoms. The molecular formula is C19H21N5O3. The summed E-state index contributed by atoms with van der Waals surface area (Å²) >= 11 is 0. The highest BCUT2D eigenvalue weighted by Gasteiger charge is 2.19. The Morgan fingerprint density at radius 1 is 1.37 bits per heavy atom. The highest BCUT2D eigenvalue weighted by Crippen LogP contribution is 2.29. The molecule has 0 radical (unpaired) electrons. The zero-order valence-corrected chi connectivity index (χ0v) is 15.0. The predicted molar refractivity (Wildman–Crippen MR) is 101 cm³/mol. The van der Waals surface area contributed by atoms with E-state index in [0.29, 0.717) is 43.7 Å². The number of carbonyl (C=O) groups excluding carboxylic acids is 1. The number of nitrogens with one attached hydrogen (secondary N) is 3. The van der Waals surface area contributed by atoms with Crippen LogP contribution in [0.15, 0.2) is 30.5 Å². The summed E-state index contributed by atoms with van der Waals surface area (Å²) in [6.07, 6.45) is 3.11. The molecule has 1 amide bonds. The molecule has 0 aliphatic carbocycles. The molecule has 3 N–H and O–H groups in total. The molecule has 1 saturated heterocycles. The summed E-state index contributed by atoms with van der Waals surface area (Å²) < 4.78 is 13.0. The maximum Gasteiger partial charge on any atom is 0.221 e. The lowest BCUT2D eigenvalue weighted by molar-refractivity contribution is -0.114. The normalized spacial score (nSPS) is 16.3. The van der Waals surface area contributed by atoms with Crippen molar-refractivity contribution >= 4 is 23.4 Å². The van der Waals surface area contributed by atoms with Crippen LogP contribution in [0.3, 0.4) is 0 Å². The molecule has 27 heavy (non-hydrogen) atoms. The fourth-order valence-corrected chi connectivity index (χ4v) is 2.99. The minimum atomic E-state index is -0.117. The third-order valence-corrected chi connectivity index (χ3v) is 4.51. The second-order valence-electron chi connectivity index (χ2n) is 6.62. The van der Waals surface area contributed by atoms with E-state index >= 15 is 0 Å². The first-order valence-electron chi connectivity index (χ1n) is 8.77. The van der Waals surface area contributed by atoms with E-state index in [1.807, 2.05) is 35.1 Å². The second kappa shape index (κ2) is 7.24. The van der Waals surface area contributed by atoms with Gasteiger partial charge in [-0.05, 0) is 12.1 Å². The smallest absolute Gasteiger partial charge is 0.221 e. The first-order chi connectivity index (χ1) is 13.1. The van der Waals surface area contributed by atoms with E-state index in [1.54, 1.807) is 0 Å². The highest BCUT2D eigenvalue weighted by atomic mass is 16.5. The van der Waals surface area contributed by atoms with Gasteiger partial charge in [0, 0.05) is 42.2 Å². The molecule has 3 heterocycles. The molecule has 2 aliphatic heterocycles. The standard InChI is InChI=1S/C19H21N5O3/c1-12(25)22-15-3-2-13-8-24-17(11-27-19(13)4-15)5-18(23-24)14(6-20)7-21-16-9-26-10-16/h2-7,16,20-21H,8-11H2,1H3,(H,22,25)/b14-7+,20-6?. The van der Waals surface area contributed by atoms with Gasteiger partial charge >= 0.3 is 0 Å². The van der Waals surface area contributed by atoms with Gasteiger partial charge in [0.25, 0.3) is 0 Å². The Balaban J connectivity index is 1.55. The number of hydrogen-bond donors (Lipinski definition) is 3. The number of carbonyl (C=O) groups is 1. The van der Waals surface area contributed by atoms with Gasteiger partial charge in [-0.25, -0.2) is 0 Å². The number of amides is 1. The molecule has 0 atom stereocenters. The van der Waals surface area contributed by atoms with E-state index in [0.717, 1.165) is 22.7 Å². The molecule has 1 aromatic heterocycles. The second-order valence-corrected chi connectivity index (χ2v) is 6.62. The molecule has 8 heteroatoms. The average Bonchev–Trinajstić information content (AvgIpc) is 2.91. The average molecular weight is 367 g/mol. The molecule has 0 saturated carbocycles. The van der Waals surface area contributed by atoms with Crippen LogP contribution in [-0.4, -0.2) is 41.2 Å². The Morgan fingerprint density at radius 2 is 2.22 bits per heavy atom. The Kier molecular flexibility index (Phi) is 4.64. The topological polar surface area (TPSA) is 101 Å². The van der Waals surface area contributed by atoms with Gasteiger partial charge in [0.05, 0.1) is 37.2 Å². The molecule has 2 aliphatic rings. The predicted octanol–water partition coefficient (Wildman–Crippen LogP) is 1.76. The number of rotatable bonds is 5. The molecule has 140 valence electrons. The molecular weight excluding hydrogens is 346 g/mol. The Hall–Kier alpha value is -3.13. The fourth-order valence-electron chi connectivity index (χ4n) is 2.99. The fraction of sp³-hybridized carbons (Fsp3) is 0.316. The summed E-state index contributed by atoms with van der Waals surface area (Å²) in [5.41, 5.74) is 4.07. The molecule has 0 unspecified atom stereocenters. The van der Waals surface area contributed by atoms with Gasteiger partial charge in [0.1, 0.15) is 12.4 Å². The minimum absolute atomic E-state index is 0.117. The van der Waals surface area contributed by atoms with Crippen molar-refractivity contribution in [2.24, 2.45) is 0 Å². The molecule has 1 aromatic carbocycles. The number of ether oxygens (including phenoxy) is 2. The Morgan fingerprint density at radius 3 is 2.93 bits per heavy atom. The van der Waals surface area contributed by atoms with Crippen molar-refractivity contribution in [1.82, 2.24) is 15.1 Å². The zero-order valence-electron chi connectivity index (χ0n) is 15.0. The first-order valence-corrected chi connectivity index (χ1v) is 8.77. The van der Waals surface area contributed by atoms with Crippen LogP contribution in [0.1, 0.15) is 23.9 Å². The van der Waals surface area contributed by atoms with Crippen molar-refractivity contribution in [1.29, 1.82) is 5.41 Å². The summed E-state index contributed by atoms with van der Waals surface area (Å²) in [7, 11) is 0. The van der Waals surface area contributed by atoms with Crippen LogP contribution >= 0.6 is 0 Å². The van der Waals surface area contributed by atoms with Crippen LogP contribution in [0.25, 0.3) is 5.57 Å².